The van der Waals surface area contributed by atoms with Crippen LogP contribution >= 0.6 is 0 Å². The molecule has 1 rings (SSSR count). The van der Waals surface area contributed by atoms with Crippen molar-refractivity contribution in [3.05, 3.63) is 24.0 Å². The molecule has 0 spiro atoms. The minimum absolute atomic E-state index is 0.0889. The maximum Gasteiger partial charge on any atom is 0.286 e. The van der Waals surface area contributed by atoms with Gasteiger partial charge in [-0.3, -0.25) is 20.4 Å². The van der Waals surface area contributed by atoms with E-state index in [0.29, 0.717) is 5.69 Å². The van der Waals surface area contributed by atoms with Gasteiger partial charge >= 0.3 is 0 Å². The molecule has 5 heteroatoms. The molecule has 88 valence electrons. The molecule has 0 saturated carbocycles. The minimum atomic E-state index is -0.345. The SMILES string of the molecule is CCCC(C)C(=O)NNC(=O)c1ccc[nH]1. The zero-order valence-corrected chi connectivity index (χ0v) is 9.54. The van der Waals surface area contributed by atoms with Crippen LogP contribution in [0.4, 0.5) is 0 Å². The molecule has 1 aromatic heterocycles. The summed E-state index contributed by atoms with van der Waals surface area (Å²) in [7, 11) is 0. The predicted octanol–water partition coefficient (Wildman–Crippen LogP) is 1.21. The monoisotopic (exact) mass is 223 g/mol. The van der Waals surface area contributed by atoms with Crippen LogP contribution in [-0.4, -0.2) is 16.8 Å². The van der Waals surface area contributed by atoms with Gasteiger partial charge in [-0.1, -0.05) is 20.3 Å². The van der Waals surface area contributed by atoms with E-state index < -0.39 is 0 Å². The van der Waals surface area contributed by atoms with Crippen LogP contribution in [0.2, 0.25) is 0 Å². The quantitative estimate of drug-likeness (QED) is 0.671. The number of carbonyl (C=O) groups is 2. The van der Waals surface area contributed by atoms with Gasteiger partial charge in [-0.15, -0.1) is 0 Å². The zero-order valence-electron chi connectivity index (χ0n) is 9.54. The molecule has 0 aliphatic rings. The van der Waals surface area contributed by atoms with Crippen molar-refractivity contribution in [1.82, 2.24) is 15.8 Å². The third-order valence-corrected chi connectivity index (χ3v) is 2.31. The number of carbonyl (C=O) groups excluding carboxylic acids is 2. The number of hydrogen-bond acceptors (Lipinski definition) is 2. The van der Waals surface area contributed by atoms with Crippen molar-refractivity contribution in [1.29, 1.82) is 0 Å². The van der Waals surface area contributed by atoms with Crippen LogP contribution in [0, 0.1) is 5.92 Å². The third kappa shape index (κ3) is 3.42. The molecule has 16 heavy (non-hydrogen) atoms. The van der Waals surface area contributed by atoms with Crippen molar-refractivity contribution in [3.8, 4) is 0 Å². The summed E-state index contributed by atoms with van der Waals surface area (Å²) in [6, 6.07) is 3.35. The molecular formula is C11H17N3O2. The van der Waals surface area contributed by atoms with Gasteiger partial charge in [0.1, 0.15) is 5.69 Å². The van der Waals surface area contributed by atoms with Gasteiger partial charge in [-0.25, -0.2) is 0 Å². The summed E-state index contributed by atoms with van der Waals surface area (Å²) in [5.74, 6) is -0.599. The Morgan fingerprint density at radius 1 is 1.44 bits per heavy atom. The Labute approximate surface area is 94.6 Å². The van der Waals surface area contributed by atoms with Crippen molar-refractivity contribution >= 4 is 11.8 Å². The van der Waals surface area contributed by atoms with Gasteiger partial charge in [0.15, 0.2) is 0 Å². The molecule has 1 heterocycles. The molecule has 0 aliphatic heterocycles. The van der Waals surface area contributed by atoms with Crippen LogP contribution in [0.25, 0.3) is 0 Å². The van der Waals surface area contributed by atoms with Crippen LogP contribution in [0.3, 0.4) is 0 Å². The van der Waals surface area contributed by atoms with Gasteiger partial charge in [-0.2, -0.15) is 0 Å². The standard InChI is InChI=1S/C11H17N3O2/c1-3-5-8(2)10(15)13-14-11(16)9-6-4-7-12-9/h4,6-8,12H,3,5H2,1-2H3,(H,13,15)(H,14,16). The van der Waals surface area contributed by atoms with E-state index in [1.165, 1.54) is 0 Å². The van der Waals surface area contributed by atoms with Gasteiger partial charge in [0.05, 0.1) is 0 Å². The van der Waals surface area contributed by atoms with Gasteiger partial charge < -0.3 is 4.98 Å². The van der Waals surface area contributed by atoms with Crippen molar-refractivity contribution in [3.63, 3.8) is 0 Å². The normalized spacial score (nSPS) is 11.9. The molecule has 1 unspecified atom stereocenters. The van der Waals surface area contributed by atoms with Gasteiger partial charge in [-0.05, 0) is 18.6 Å². The number of amides is 2. The van der Waals surface area contributed by atoms with E-state index in [2.05, 4.69) is 15.8 Å². The maximum atomic E-state index is 11.5. The highest BCUT2D eigenvalue weighted by molar-refractivity contribution is 5.93. The molecule has 0 radical (unpaired) electrons. The van der Waals surface area contributed by atoms with E-state index in [0.717, 1.165) is 12.8 Å². The summed E-state index contributed by atoms with van der Waals surface area (Å²) in [5.41, 5.74) is 5.17. The predicted molar refractivity (Wildman–Crippen MR) is 60.5 cm³/mol. The Bertz CT molecular complexity index is 346. The molecule has 1 atom stereocenters. The summed E-state index contributed by atoms with van der Waals surface area (Å²) < 4.78 is 0. The molecule has 0 aromatic carbocycles. The Morgan fingerprint density at radius 3 is 2.75 bits per heavy atom. The minimum Gasteiger partial charge on any atom is -0.357 e. The van der Waals surface area contributed by atoms with Crippen LogP contribution in [-0.2, 0) is 4.79 Å². The highest BCUT2D eigenvalue weighted by Crippen LogP contribution is 2.03. The molecular weight excluding hydrogens is 206 g/mol. The molecule has 0 bridgehead atoms. The van der Waals surface area contributed by atoms with Crippen LogP contribution < -0.4 is 10.9 Å². The van der Waals surface area contributed by atoms with Crippen molar-refractivity contribution < 1.29 is 9.59 Å². The number of H-pyrrole nitrogens is 1. The summed E-state index contributed by atoms with van der Waals surface area (Å²) in [6.45, 7) is 3.85. The lowest BCUT2D eigenvalue weighted by Gasteiger charge is -2.11. The van der Waals surface area contributed by atoms with E-state index in [4.69, 9.17) is 0 Å². The lowest BCUT2D eigenvalue weighted by molar-refractivity contribution is -0.125. The van der Waals surface area contributed by atoms with E-state index in [-0.39, 0.29) is 17.7 Å². The second-order valence-corrected chi connectivity index (χ2v) is 3.72. The molecule has 3 N–H and O–H groups in total. The molecule has 0 fully saturated rings. The third-order valence-electron chi connectivity index (χ3n) is 2.31. The summed E-state index contributed by atoms with van der Waals surface area (Å²) in [5, 5.41) is 0. The summed E-state index contributed by atoms with van der Waals surface area (Å²) in [6.07, 6.45) is 3.40. The number of nitrogens with one attached hydrogen (secondary N) is 3. The lowest BCUT2D eigenvalue weighted by atomic mass is 10.1. The fourth-order valence-corrected chi connectivity index (χ4v) is 1.34. The van der Waals surface area contributed by atoms with E-state index >= 15 is 0 Å². The van der Waals surface area contributed by atoms with Gasteiger partial charge in [0.25, 0.3) is 5.91 Å². The Hall–Kier alpha value is -1.78. The van der Waals surface area contributed by atoms with Gasteiger partial charge in [0.2, 0.25) is 5.91 Å². The van der Waals surface area contributed by atoms with Crippen LogP contribution in [0.15, 0.2) is 18.3 Å². The average molecular weight is 223 g/mol. The molecule has 0 saturated heterocycles. The second-order valence-electron chi connectivity index (χ2n) is 3.72. The number of hydrogen-bond donors (Lipinski definition) is 3. The largest absolute Gasteiger partial charge is 0.357 e. The van der Waals surface area contributed by atoms with Crippen molar-refractivity contribution in [2.45, 2.75) is 26.7 Å². The number of hydrazine groups is 1. The van der Waals surface area contributed by atoms with E-state index in [9.17, 15) is 9.59 Å². The fourth-order valence-electron chi connectivity index (χ4n) is 1.34. The van der Waals surface area contributed by atoms with E-state index in [1.807, 2.05) is 13.8 Å². The number of aromatic nitrogens is 1. The second kappa shape index (κ2) is 5.95. The fraction of sp³-hybridized carbons (Fsp3) is 0.455. The average Bonchev–Trinajstić information content (AvgIpc) is 2.79. The number of rotatable bonds is 4. The number of aromatic amines is 1. The first-order chi connectivity index (χ1) is 7.65. The Morgan fingerprint density at radius 2 is 2.19 bits per heavy atom. The topological polar surface area (TPSA) is 74.0 Å². The lowest BCUT2D eigenvalue weighted by Crippen LogP contribution is -2.44. The summed E-state index contributed by atoms with van der Waals surface area (Å²) >= 11 is 0. The summed E-state index contributed by atoms with van der Waals surface area (Å²) in [4.78, 5) is 25.7. The molecule has 1 aromatic rings. The Kier molecular flexibility index (Phi) is 4.57. The molecule has 2 amide bonds. The Balaban J connectivity index is 2.35. The maximum absolute atomic E-state index is 11.5. The first-order valence-electron chi connectivity index (χ1n) is 5.38. The first kappa shape index (κ1) is 12.3. The van der Waals surface area contributed by atoms with Crippen molar-refractivity contribution in [2.24, 2.45) is 5.92 Å². The van der Waals surface area contributed by atoms with Crippen LogP contribution in [0.5, 0.6) is 0 Å². The van der Waals surface area contributed by atoms with Crippen LogP contribution in [0.1, 0.15) is 37.2 Å². The smallest absolute Gasteiger partial charge is 0.286 e. The highest BCUT2D eigenvalue weighted by Gasteiger charge is 2.13. The van der Waals surface area contributed by atoms with Gasteiger partial charge in [0, 0.05) is 12.1 Å². The first-order valence-corrected chi connectivity index (χ1v) is 5.38. The zero-order chi connectivity index (χ0) is 12.0. The molecule has 5 nitrogen and oxygen atoms in total. The molecule has 0 aliphatic carbocycles. The van der Waals surface area contributed by atoms with Crippen molar-refractivity contribution in [2.75, 3.05) is 0 Å². The highest BCUT2D eigenvalue weighted by atomic mass is 16.2. The van der Waals surface area contributed by atoms with E-state index in [1.54, 1.807) is 18.3 Å².